The first-order valence-electron chi connectivity index (χ1n) is 6.29. The first-order chi connectivity index (χ1) is 9.15. The van der Waals surface area contributed by atoms with Gasteiger partial charge in [0.05, 0.1) is 24.8 Å². The van der Waals surface area contributed by atoms with Gasteiger partial charge in [-0.05, 0) is 24.1 Å². The van der Waals surface area contributed by atoms with Gasteiger partial charge in [-0.25, -0.2) is 0 Å². The second kappa shape index (κ2) is 6.13. The number of pyridine rings is 1. The third-order valence-corrected chi connectivity index (χ3v) is 2.50. The average Bonchev–Trinajstić information content (AvgIpc) is 2.89. The van der Waals surface area contributed by atoms with Crippen LogP contribution in [-0.4, -0.2) is 11.6 Å². The zero-order chi connectivity index (χ0) is 13.7. The van der Waals surface area contributed by atoms with Crippen LogP contribution in [0.25, 0.3) is 0 Å². The molecular weight excluding hydrogens is 242 g/mol. The van der Waals surface area contributed by atoms with Crippen LogP contribution in [0.4, 0.5) is 11.5 Å². The number of hydrogen-bond acceptors (Lipinski definition) is 5. The summed E-state index contributed by atoms with van der Waals surface area (Å²) in [5.41, 5.74) is 7.45. The summed E-state index contributed by atoms with van der Waals surface area (Å²) in [6, 6.07) is 5.53. The van der Waals surface area contributed by atoms with E-state index < -0.39 is 0 Å². The summed E-state index contributed by atoms with van der Waals surface area (Å²) in [7, 11) is 0. The Labute approximate surface area is 112 Å². The van der Waals surface area contributed by atoms with Crippen molar-refractivity contribution in [2.24, 2.45) is 5.92 Å². The minimum atomic E-state index is 0.434. The molecule has 0 bridgehead atoms. The largest absolute Gasteiger partial charge is 0.476 e. The van der Waals surface area contributed by atoms with Gasteiger partial charge in [-0.1, -0.05) is 13.8 Å². The summed E-state index contributed by atoms with van der Waals surface area (Å²) in [5.74, 6) is 1.64. The number of nitrogens with two attached hydrogens (primary N) is 1. The van der Waals surface area contributed by atoms with Crippen LogP contribution < -0.4 is 15.8 Å². The van der Waals surface area contributed by atoms with E-state index in [1.807, 2.05) is 12.1 Å². The van der Waals surface area contributed by atoms with Gasteiger partial charge >= 0.3 is 0 Å². The number of nitrogen functional groups attached to an aromatic ring is 1. The lowest BCUT2D eigenvalue weighted by molar-refractivity contribution is 0.263. The summed E-state index contributed by atoms with van der Waals surface area (Å²) in [5, 5.41) is 3.20. The molecule has 0 aliphatic carbocycles. The Morgan fingerprint density at radius 3 is 2.89 bits per heavy atom. The van der Waals surface area contributed by atoms with Crippen LogP contribution in [0.3, 0.4) is 0 Å². The molecule has 0 amide bonds. The first-order valence-corrected chi connectivity index (χ1v) is 6.29. The lowest BCUT2D eigenvalue weighted by Crippen LogP contribution is -2.09. The van der Waals surface area contributed by atoms with E-state index in [2.05, 4.69) is 24.1 Å². The van der Waals surface area contributed by atoms with Crippen molar-refractivity contribution in [2.45, 2.75) is 20.4 Å². The van der Waals surface area contributed by atoms with E-state index in [-0.39, 0.29) is 0 Å². The van der Waals surface area contributed by atoms with E-state index in [4.69, 9.17) is 14.9 Å². The predicted molar refractivity (Wildman–Crippen MR) is 75.0 cm³/mol. The fourth-order valence-electron chi connectivity index (χ4n) is 1.50. The van der Waals surface area contributed by atoms with Gasteiger partial charge in [-0.2, -0.15) is 4.98 Å². The molecule has 2 heterocycles. The Bertz CT molecular complexity index is 509. The molecule has 5 nitrogen and oxygen atoms in total. The van der Waals surface area contributed by atoms with Gasteiger partial charge < -0.3 is 20.2 Å². The highest BCUT2D eigenvalue weighted by molar-refractivity contribution is 5.53. The van der Waals surface area contributed by atoms with Gasteiger partial charge in [0.1, 0.15) is 5.82 Å². The molecule has 102 valence electrons. The monoisotopic (exact) mass is 261 g/mol. The molecule has 0 fully saturated rings. The molecule has 0 unspecified atom stereocenters. The molecule has 0 aliphatic rings. The van der Waals surface area contributed by atoms with Crippen molar-refractivity contribution in [3.05, 3.63) is 36.3 Å². The van der Waals surface area contributed by atoms with Gasteiger partial charge in [-0.3, -0.25) is 0 Å². The molecule has 2 aromatic rings. The fraction of sp³-hybridized carbons (Fsp3) is 0.357. The van der Waals surface area contributed by atoms with E-state index in [0.29, 0.717) is 30.6 Å². The summed E-state index contributed by atoms with van der Waals surface area (Å²) in [6.45, 7) is 5.41. The molecule has 19 heavy (non-hydrogen) atoms. The van der Waals surface area contributed by atoms with Gasteiger partial charge in [0.15, 0.2) is 0 Å². The maximum Gasteiger partial charge on any atom is 0.239 e. The van der Waals surface area contributed by atoms with Crippen LogP contribution in [0.2, 0.25) is 0 Å². The van der Waals surface area contributed by atoms with E-state index in [9.17, 15) is 0 Å². The zero-order valence-corrected chi connectivity index (χ0v) is 11.2. The van der Waals surface area contributed by atoms with Gasteiger partial charge in [0.2, 0.25) is 5.88 Å². The molecule has 5 heteroatoms. The highest BCUT2D eigenvalue weighted by Crippen LogP contribution is 2.21. The molecule has 0 aliphatic heterocycles. The summed E-state index contributed by atoms with van der Waals surface area (Å²) in [4.78, 5) is 4.35. The highest BCUT2D eigenvalue weighted by Gasteiger charge is 2.06. The zero-order valence-electron chi connectivity index (χ0n) is 11.2. The first kappa shape index (κ1) is 13.3. The Morgan fingerprint density at radius 1 is 1.37 bits per heavy atom. The number of hydrogen-bond donors (Lipinski definition) is 2. The number of nitrogens with one attached hydrogen (secondary N) is 1. The Hall–Kier alpha value is -2.17. The van der Waals surface area contributed by atoms with Crippen molar-refractivity contribution in [2.75, 3.05) is 17.7 Å². The number of rotatable bonds is 6. The molecule has 2 rings (SSSR count). The summed E-state index contributed by atoms with van der Waals surface area (Å²) < 4.78 is 10.6. The van der Waals surface area contributed by atoms with Crippen molar-refractivity contribution >= 4 is 11.5 Å². The quantitative estimate of drug-likeness (QED) is 0.836. The van der Waals surface area contributed by atoms with Crippen LogP contribution >= 0.6 is 0 Å². The molecule has 0 aromatic carbocycles. The molecule has 3 N–H and O–H groups in total. The molecular formula is C14H19N3O2. The maximum absolute atomic E-state index is 5.84. The minimum Gasteiger partial charge on any atom is -0.476 e. The number of ether oxygens (including phenoxy) is 1. The van der Waals surface area contributed by atoms with Crippen LogP contribution in [0.1, 0.15) is 19.4 Å². The number of aromatic nitrogens is 1. The molecule has 0 spiro atoms. The van der Waals surface area contributed by atoms with Crippen LogP contribution in [0.5, 0.6) is 5.88 Å². The maximum atomic E-state index is 5.84. The standard InChI is InChI=1S/C14H19N3O2/c1-10(2)8-19-14-12(15)3-4-13(17-14)16-7-11-5-6-18-9-11/h3-6,9-10H,7-8,15H2,1-2H3,(H,16,17). The van der Waals surface area contributed by atoms with Gasteiger partial charge in [0, 0.05) is 12.1 Å². The smallest absolute Gasteiger partial charge is 0.239 e. The highest BCUT2D eigenvalue weighted by atomic mass is 16.5. The van der Waals surface area contributed by atoms with Gasteiger partial charge in [0.25, 0.3) is 0 Å². The summed E-state index contributed by atoms with van der Waals surface area (Å²) >= 11 is 0. The normalized spacial score (nSPS) is 10.7. The number of furan rings is 1. The lowest BCUT2D eigenvalue weighted by atomic mass is 10.2. The van der Waals surface area contributed by atoms with Gasteiger partial charge in [-0.15, -0.1) is 0 Å². The number of anilines is 2. The SMILES string of the molecule is CC(C)COc1nc(NCc2ccoc2)ccc1N. The van der Waals surface area contributed by atoms with Crippen molar-refractivity contribution in [3.8, 4) is 5.88 Å². The average molecular weight is 261 g/mol. The molecule has 2 aromatic heterocycles. The Morgan fingerprint density at radius 2 is 2.21 bits per heavy atom. The van der Waals surface area contributed by atoms with Crippen molar-refractivity contribution in [3.63, 3.8) is 0 Å². The Balaban J connectivity index is 1.99. The van der Waals surface area contributed by atoms with Crippen molar-refractivity contribution < 1.29 is 9.15 Å². The number of nitrogens with zero attached hydrogens (tertiary/aromatic N) is 1. The Kier molecular flexibility index (Phi) is 4.28. The third kappa shape index (κ3) is 3.91. The minimum absolute atomic E-state index is 0.434. The topological polar surface area (TPSA) is 73.3 Å². The lowest BCUT2D eigenvalue weighted by Gasteiger charge is -2.11. The van der Waals surface area contributed by atoms with Crippen molar-refractivity contribution in [1.29, 1.82) is 0 Å². The second-order valence-corrected chi connectivity index (χ2v) is 4.78. The van der Waals surface area contributed by atoms with E-state index in [0.717, 1.165) is 11.4 Å². The van der Waals surface area contributed by atoms with Crippen molar-refractivity contribution in [1.82, 2.24) is 4.98 Å². The molecule has 0 saturated heterocycles. The fourth-order valence-corrected chi connectivity index (χ4v) is 1.50. The van der Waals surface area contributed by atoms with Crippen LogP contribution in [0, 0.1) is 5.92 Å². The van der Waals surface area contributed by atoms with E-state index in [1.54, 1.807) is 18.6 Å². The summed E-state index contributed by atoms with van der Waals surface area (Å²) in [6.07, 6.45) is 3.34. The van der Waals surface area contributed by atoms with Crippen LogP contribution in [-0.2, 0) is 6.54 Å². The third-order valence-electron chi connectivity index (χ3n) is 2.50. The predicted octanol–water partition coefficient (Wildman–Crippen LogP) is 2.90. The van der Waals surface area contributed by atoms with E-state index >= 15 is 0 Å². The molecule has 0 saturated carbocycles. The molecule has 0 radical (unpaired) electrons. The second-order valence-electron chi connectivity index (χ2n) is 4.78. The van der Waals surface area contributed by atoms with Crippen LogP contribution in [0.15, 0.2) is 35.1 Å². The molecule has 0 atom stereocenters. The van der Waals surface area contributed by atoms with E-state index in [1.165, 1.54) is 0 Å².